The van der Waals surface area contributed by atoms with Gasteiger partial charge in [0.1, 0.15) is 12.1 Å². The van der Waals surface area contributed by atoms with Crippen molar-refractivity contribution in [2.45, 2.75) is 101 Å². The number of ether oxygens (including phenoxy) is 1. The Morgan fingerprint density at radius 2 is 1.75 bits per heavy atom. The first-order valence-corrected chi connectivity index (χ1v) is 13.3. The highest BCUT2D eigenvalue weighted by Crippen LogP contribution is 2.40. The van der Waals surface area contributed by atoms with E-state index in [-0.39, 0.29) is 18.4 Å². The van der Waals surface area contributed by atoms with Crippen molar-refractivity contribution >= 4 is 17.8 Å². The van der Waals surface area contributed by atoms with E-state index in [0.29, 0.717) is 17.5 Å². The molecule has 2 fully saturated rings. The third kappa shape index (κ3) is 5.28. The second kappa shape index (κ2) is 11.3. The van der Waals surface area contributed by atoms with Crippen molar-refractivity contribution in [3.05, 3.63) is 35.4 Å². The summed E-state index contributed by atoms with van der Waals surface area (Å²) in [6, 6.07) is 6.57. The molecule has 1 aromatic rings. The number of benzene rings is 1. The molecule has 3 atom stereocenters. The minimum atomic E-state index is -2.54. The van der Waals surface area contributed by atoms with E-state index in [4.69, 9.17) is 4.74 Å². The van der Waals surface area contributed by atoms with Gasteiger partial charge in [0.25, 0.3) is 5.91 Å². The lowest BCUT2D eigenvalue weighted by atomic mass is 9.69. The zero-order valence-corrected chi connectivity index (χ0v) is 21.1. The van der Waals surface area contributed by atoms with Crippen LogP contribution in [0.15, 0.2) is 24.3 Å². The Hall–Kier alpha value is -2.49. The van der Waals surface area contributed by atoms with Crippen molar-refractivity contribution in [2.24, 2.45) is 5.92 Å². The van der Waals surface area contributed by atoms with Crippen LogP contribution in [0.5, 0.6) is 0 Å². The van der Waals surface area contributed by atoms with E-state index in [9.17, 15) is 24.7 Å². The molecule has 1 heterocycles. The van der Waals surface area contributed by atoms with E-state index in [2.05, 4.69) is 16.1 Å². The van der Waals surface area contributed by atoms with E-state index in [1.54, 1.807) is 19.1 Å². The molecule has 4 rings (SSSR count). The first-order valence-electron chi connectivity index (χ1n) is 13.3. The number of ketones is 1. The van der Waals surface area contributed by atoms with Gasteiger partial charge >= 0.3 is 6.09 Å². The Balaban J connectivity index is 1.70. The van der Waals surface area contributed by atoms with Gasteiger partial charge in [-0.3, -0.25) is 9.59 Å². The molecule has 198 valence electrons. The molecule has 1 aliphatic heterocycles. The summed E-state index contributed by atoms with van der Waals surface area (Å²) in [7, 11) is 0. The fourth-order valence-electron chi connectivity index (χ4n) is 6.17. The average Bonchev–Trinajstić information content (AvgIpc) is 3.39. The van der Waals surface area contributed by atoms with E-state index < -0.39 is 41.6 Å². The van der Waals surface area contributed by atoms with Gasteiger partial charge < -0.3 is 25.7 Å². The second-order valence-electron chi connectivity index (χ2n) is 10.9. The lowest BCUT2D eigenvalue weighted by Gasteiger charge is -2.44. The molecule has 9 heteroatoms. The maximum Gasteiger partial charge on any atom is 0.407 e. The molecule has 2 saturated carbocycles. The van der Waals surface area contributed by atoms with Crippen LogP contribution in [0.2, 0.25) is 0 Å². The normalized spacial score (nSPS) is 30.0. The fraction of sp³-hybridized carbons (Fsp3) is 0.667. The van der Waals surface area contributed by atoms with Gasteiger partial charge in [-0.2, -0.15) is 5.48 Å². The Morgan fingerprint density at radius 1 is 1.08 bits per heavy atom. The summed E-state index contributed by atoms with van der Waals surface area (Å²) in [5.41, 5.74) is -1.51. The number of Topliss-reactive ketones (excluding diaryl/α,β-unsaturated/α-hetero) is 1. The van der Waals surface area contributed by atoms with Gasteiger partial charge in [-0.15, -0.1) is 0 Å². The van der Waals surface area contributed by atoms with Gasteiger partial charge in [-0.05, 0) is 44.1 Å². The molecule has 0 aromatic heterocycles. The SMILES string of the molecule is C[C@@H]1Cc2ccccc2C(=O)[C@](CC2CCCC2)(NO)[C@](O)(COC(=O)NC2CCCCC2)C(=O)N1. The number of aliphatic hydroxyl groups is 1. The van der Waals surface area contributed by atoms with Crippen molar-refractivity contribution in [1.82, 2.24) is 16.1 Å². The molecule has 5 N–H and O–H groups in total. The summed E-state index contributed by atoms with van der Waals surface area (Å²) in [6.07, 6.45) is 8.07. The molecule has 36 heavy (non-hydrogen) atoms. The summed E-state index contributed by atoms with van der Waals surface area (Å²) >= 11 is 0. The second-order valence-corrected chi connectivity index (χ2v) is 10.9. The standard InChI is InChI=1S/C27H39N3O6/c1-18-15-20-11-7-8-14-22(20)23(31)26(30-35,16-19-9-5-6-10-19)27(34,24(32)28-18)17-36-25(33)29-21-12-3-2-4-13-21/h7-8,11,14,18-19,21,30,34-35H,2-6,9-10,12-13,15-17H2,1H3,(H,28,32)(H,29,33)/t18-,26+,27+/m1/s1. The topological polar surface area (TPSA) is 137 Å². The number of amides is 2. The summed E-state index contributed by atoms with van der Waals surface area (Å²) in [4.78, 5) is 40.5. The quantitative estimate of drug-likeness (QED) is 0.378. The number of hydroxylamine groups is 1. The highest BCUT2D eigenvalue weighted by Gasteiger charge is 2.62. The van der Waals surface area contributed by atoms with Crippen LogP contribution < -0.4 is 16.1 Å². The zero-order chi connectivity index (χ0) is 25.8. The van der Waals surface area contributed by atoms with Crippen LogP contribution in [0.1, 0.15) is 87.1 Å². The predicted molar refractivity (Wildman–Crippen MR) is 133 cm³/mol. The van der Waals surface area contributed by atoms with Crippen molar-refractivity contribution in [3.63, 3.8) is 0 Å². The van der Waals surface area contributed by atoms with Gasteiger partial charge in [0.2, 0.25) is 5.60 Å². The minimum Gasteiger partial charge on any atom is -0.446 e. The fourth-order valence-corrected chi connectivity index (χ4v) is 6.17. The van der Waals surface area contributed by atoms with Crippen molar-refractivity contribution in [3.8, 4) is 0 Å². The zero-order valence-electron chi connectivity index (χ0n) is 21.1. The Morgan fingerprint density at radius 3 is 2.44 bits per heavy atom. The summed E-state index contributed by atoms with van der Waals surface area (Å²) in [6.45, 7) is 1.00. The third-order valence-corrected chi connectivity index (χ3v) is 8.23. The minimum absolute atomic E-state index is 0.00864. The number of hydrogen-bond acceptors (Lipinski definition) is 7. The molecule has 0 spiro atoms. The third-order valence-electron chi connectivity index (χ3n) is 8.23. The monoisotopic (exact) mass is 501 g/mol. The number of fused-ring (bicyclic) bond motifs is 1. The lowest BCUT2D eigenvalue weighted by molar-refractivity contribution is -0.163. The molecule has 0 radical (unpaired) electrons. The summed E-state index contributed by atoms with van der Waals surface area (Å²) < 4.78 is 5.42. The maximum absolute atomic E-state index is 14.2. The average molecular weight is 502 g/mol. The molecule has 0 unspecified atom stereocenters. The van der Waals surface area contributed by atoms with Crippen LogP contribution in [-0.4, -0.2) is 57.9 Å². The summed E-state index contributed by atoms with van der Waals surface area (Å²) in [5, 5.41) is 28.2. The number of alkyl carbamates (subject to hydrolysis) is 1. The molecule has 0 saturated heterocycles. The van der Waals surface area contributed by atoms with E-state index in [1.165, 1.54) is 0 Å². The lowest BCUT2D eigenvalue weighted by Crippen LogP contribution is -2.74. The number of carbonyl (C=O) groups is 3. The van der Waals surface area contributed by atoms with Crippen LogP contribution in [0, 0.1) is 5.92 Å². The van der Waals surface area contributed by atoms with Gasteiger partial charge in [0, 0.05) is 17.6 Å². The molecule has 2 aliphatic carbocycles. The molecular weight excluding hydrogens is 462 g/mol. The predicted octanol–water partition coefficient (Wildman–Crippen LogP) is 3.02. The van der Waals surface area contributed by atoms with Gasteiger partial charge in [-0.1, -0.05) is 69.2 Å². The van der Waals surface area contributed by atoms with Gasteiger partial charge in [-0.25, -0.2) is 4.79 Å². The van der Waals surface area contributed by atoms with Crippen molar-refractivity contribution in [1.29, 1.82) is 0 Å². The van der Waals surface area contributed by atoms with Gasteiger partial charge in [0.05, 0.1) is 0 Å². The van der Waals surface area contributed by atoms with Crippen molar-refractivity contribution in [2.75, 3.05) is 6.61 Å². The van der Waals surface area contributed by atoms with Crippen LogP contribution in [0.25, 0.3) is 0 Å². The highest BCUT2D eigenvalue weighted by atomic mass is 16.6. The Kier molecular flexibility index (Phi) is 8.32. The molecule has 3 aliphatic rings. The first kappa shape index (κ1) is 26.6. The maximum atomic E-state index is 14.2. The van der Waals surface area contributed by atoms with Crippen molar-refractivity contribution < 1.29 is 29.4 Å². The molecule has 9 nitrogen and oxygen atoms in total. The molecule has 1 aromatic carbocycles. The first-order chi connectivity index (χ1) is 17.3. The number of nitrogens with one attached hydrogen (secondary N) is 3. The van der Waals surface area contributed by atoms with Gasteiger partial charge in [0.15, 0.2) is 5.78 Å². The molecular formula is C27H39N3O6. The van der Waals surface area contributed by atoms with Crippen LogP contribution >= 0.6 is 0 Å². The van der Waals surface area contributed by atoms with Crippen LogP contribution in [-0.2, 0) is 16.0 Å². The number of rotatable bonds is 6. The Labute approximate surface area is 212 Å². The molecule has 2 amide bonds. The summed E-state index contributed by atoms with van der Waals surface area (Å²) in [5.74, 6) is -1.44. The van der Waals surface area contributed by atoms with E-state index in [0.717, 1.165) is 57.8 Å². The highest BCUT2D eigenvalue weighted by molar-refractivity contribution is 6.09. The van der Waals surface area contributed by atoms with E-state index in [1.807, 2.05) is 12.1 Å². The van der Waals surface area contributed by atoms with Crippen LogP contribution in [0.3, 0.4) is 0 Å². The Bertz CT molecular complexity index is 959. The smallest absolute Gasteiger partial charge is 0.407 e. The largest absolute Gasteiger partial charge is 0.446 e. The van der Waals surface area contributed by atoms with E-state index >= 15 is 0 Å². The van der Waals surface area contributed by atoms with Crippen LogP contribution in [0.4, 0.5) is 4.79 Å². The molecule has 0 bridgehead atoms. The number of hydrogen-bond donors (Lipinski definition) is 5. The number of carbonyl (C=O) groups excluding carboxylic acids is 3.